The Morgan fingerprint density at radius 2 is 1.77 bits per heavy atom. The highest BCUT2D eigenvalue weighted by Crippen LogP contribution is 2.05. The highest BCUT2D eigenvalue weighted by atomic mass is 16.6. The van der Waals surface area contributed by atoms with E-state index in [9.17, 15) is 4.79 Å². The summed E-state index contributed by atoms with van der Waals surface area (Å²) in [5.74, 6) is 0. The molecule has 1 unspecified atom stereocenters. The molecule has 22 heavy (non-hydrogen) atoms. The number of carbonyl (C=O) groups excluding carboxylic acids is 1. The van der Waals surface area contributed by atoms with E-state index < -0.39 is 5.60 Å². The van der Waals surface area contributed by atoms with E-state index in [4.69, 9.17) is 14.2 Å². The van der Waals surface area contributed by atoms with E-state index in [0.29, 0.717) is 32.9 Å². The lowest BCUT2D eigenvalue weighted by atomic mass is 10.2. The minimum absolute atomic E-state index is 0.244. The lowest BCUT2D eigenvalue weighted by molar-refractivity contribution is -0.840. The highest BCUT2D eigenvalue weighted by molar-refractivity contribution is 5.57. The van der Waals surface area contributed by atoms with Gasteiger partial charge in [0.2, 0.25) is 0 Å². The number of benzene rings is 1. The minimum Gasteiger partial charge on any atom is -0.414 e. The number of hydrogen-bond donors (Lipinski definition) is 1. The van der Waals surface area contributed by atoms with Crippen molar-refractivity contribution in [1.82, 2.24) is 0 Å². The zero-order valence-corrected chi connectivity index (χ0v) is 14.1. The van der Waals surface area contributed by atoms with Crippen molar-refractivity contribution in [3.8, 4) is 0 Å². The Hall–Kier alpha value is -1.43. The van der Waals surface area contributed by atoms with Crippen LogP contribution >= 0.6 is 0 Å². The predicted octanol–water partition coefficient (Wildman–Crippen LogP) is 1.67. The summed E-state index contributed by atoms with van der Waals surface area (Å²) in [5, 5.41) is 0. The van der Waals surface area contributed by atoms with Crippen molar-refractivity contribution in [2.45, 2.75) is 32.9 Å². The quantitative estimate of drug-likeness (QED) is 0.742. The molecule has 0 aliphatic carbocycles. The molecule has 5 nitrogen and oxygen atoms in total. The van der Waals surface area contributed by atoms with Gasteiger partial charge in [-0.05, 0) is 20.8 Å². The van der Waals surface area contributed by atoms with Gasteiger partial charge in [-0.25, -0.2) is 4.90 Å². The topological polar surface area (TPSA) is 49.2 Å². The standard InChI is InChI=1S/C17H27NO4/c1-17(2,3)22-16(19)18(10-11-21-13-12-20-4)14-15-8-6-5-7-9-15/h5-9H,10-14H2,1-4H3/p+1. The average Bonchev–Trinajstić information content (AvgIpc) is 2.45. The number of amides is 1. The number of ether oxygens (including phenoxy) is 3. The number of carbonyl (C=O) groups is 1. The van der Waals surface area contributed by atoms with Gasteiger partial charge in [-0.15, -0.1) is 0 Å². The maximum Gasteiger partial charge on any atom is 0.515 e. The van der Waals surface area contributed by atoms with Crippen LogP contribution in [0.5, 0.6) is 0 Å². The second-order valence-corrected chi connectivity index (χ2v) is 6.12. The first-order valence-corrected chi connectivity index (χ1v) is 7.61. The largest absolute Gasteiger partial charge is 0.515 e. The number of nitrogens with one attached hydrogen (secondary N) is 1. The molecule has 0 aromatic heterocycles. The first-order valence-electron chi connectivity index (χ1n) is 7.61. The summed E-state index contributed by atoms with van der Waals surface area (Å²) in [5.41, 5.74) is 0.607. The summed E-state index contributed by atoms with van der Waals surface area (Å²) in [6.07, 6.45) is -0.244. The van der Waals surface area contributed by atoms with Gasteiger partial charge in [-0.2, -0.15) is 4.79 Å². The molecule has 1 amide bonds. The molecule has 124 valence electrons. The van der Waals surface area contributed by atoms with Crippen LogP contribution in [0.4, 0.5) is 4.79 Å². The Kier molecular flexibility index (Phi) is 8.09. The summed E-state index contributed by atoms with van der Waals surface area (Å²) < 4.78 is 15.9. The minimum atomic E-state index is -0.490. The number of quaternary nitrogens is 1. The second kappa shape index (κ2) is 9.56. The third-order valence-corrected chi connectivity index (χ3v) is 2.93. The van der Waals surface area contributed by atoms with Crippen LogP contribution in [-0.4, -0.2) is 45.2 Å². The normalized spacial score (nSPS) is 12.9. The number of rotatable bonds is 8. The van der Waals surface area contributed by atoms with Crippen LogP contribution in [-0.2, 0) is 20.8 Å². The fourth-order valence-corrected chi connectivity index (χ4v) is 1.89. The van der Waals surface area contributed by atoms with E-state index in [2.05, 4.69) is 0 Å². The molecule has 1 aromatic carbocycles. The molecule has 0 aliphatic heterocycles. The number of hydrogen-bond acceptors (Lipinski definition) is 4. The zero-order valence-electron chi connectivity index (χ0n) is 14.1. The van der Waals surface area contributed by atoms with E-state index in [-0.39, 0.29) is 6.09 Å². The third kappa shape index (κ3) is 8.12. The molecule has 0 saturated carbocycles. The Morgan fingerprint density at radius 3 is 2.36 bits per heavy atom. The fraction of sp³-hybridized carbons (Fsp3) is 0.588. The summed E-state index contributed by atoms with van der Waals surface area (Å²) in [4.78, 5) is 13.1. The lowest BCUT2D eigenvalue weighted by Crippen LogP contribution is -3.14. The third-order valence-electron chi connectivity index (χ3n) is 2.93. The highest BCUT2D eigenvalue weighted by Gasteiger charge is 2.27. The number of methoxy groups -OCH3 is 1. The molecule has 0 heterocycles. The number of alkyl carbamates (subject to hydrolysis) is 2. The van der Waals surface area contributed by atoms with Crippen molar-refractivity contribution in [1.29, 1.82) is 0 Å². The summed E-state index contributed by atoms with van der Waals surface area (Å²) in [6, 6.07) is 9.92. The van der Waals surface area contributed by atoms with Crippen molar-refractivity contribution >= 4 is 6.09 Å². The molecule has 5 heteroatoms. The molecule has 1 aromatic rings. The van der Waals surface area contributed by atoms with Gasteiger partial charge in [0.1, 0.15) is 18.7 Å². The van der Waals surface area contributed by atoms with Crippen molar-refractivity contribution in [2.75, 3.05) is 33.5 Å². The van der Waals surface area contributed by atoms with E-state index in [1.54, 1.807) is 7.11 Å². The Balaban J connectivity index is 2.58. The van der Waals surface area contributed by atoms with Gasteiger partial charge in [0.15, 0.2) is 0 Å². The van der Waals surface area contributed by atoms with E-state index >= 15 is 0 Å². The average molecular weight is 310 g/mol. The molecule has 1 atom stereocenters. The van der Waals surface area contributed by atoms with Crippen LogP contribution in [0.1, 0.15) is 26.3 Å². The van der Waals surface area contributed by atoms with E-state index in [0.717, 1.165) is 10.5 Å². The van der Waals surface area contributed by atoms with Gasteiger partial charge in [0.05, 0.1) is 19.8 Å². The van der Waals surface area contributed by atoms with Crippen LogP contribution in [0.3, 0.4) is 0 Å². The smallest absolute Gasteiger partial charge is 0.414 e. The molecular formula is C17H28NO4+. The molecule has 0 radical (unpaired) electrons. The van der Waals surface area contributed by atoms with E-state index in [1.165, 1.54) is 0 Å². The molecule has 0 saturated heterocycles. The molecule has 0 fully saturated rings. The van der Waals surface area contributed by atoms with E-state index in [1.807, 2.05) is 51.1 Å². The lowest BCUT2D eigenvalue weighted by Gasteiger charge is -2.23. The second-order valence-electron chi connectivity index (χ2n) is 6.12. The van der Waals surface area contributed by atoms with Crippen LogP contribution in [0.15, 0.2) is 30.3 Å². The maximum absolute atomic E-state index is 12.3. The van der Waals surface area contributed by atoms with Gasteiger partial charge in [-0.3, -0.25) is 0 Å². The molecule has 0 bridgehead atoms. The molecule has 0 aliphatic rings. The molecule has 1 rings (SSSR count). The Morgan fingerprint density at radius 1 is 1.09 bits per heavy atom. The SMILES string of the molecule is COCCOCC[NH+](Cc1ccccc1)C(=O)OC(C)(C)C. The summed E-state index contributed by atoms with van der Waals surface area (Å²) in [7, 11) is 1.64. The van der Waals surface area contributed by atoms with Gasteiger partial charge in [0, 0.05) is 12.7 Å². The monoisotopic (exact) mass is 310 g/mol. The predicted molar refractivity (Wildman–Crippen MR) is 84.9 cm³/mol. The first kappa shape index (κ1) is 18.6. The first-order chi connectivity index (χ1) is 10.4. The van der Waals surface area contributed by atoms with Crippen molar-refractivity contribution in [2.24, 2.45) is 0 Å². The fourth-order valence-electron chi connectivity index (χ4n) is 1.89. The van der Waals surface area contributed by atoms with Crippen LogP contribution in [0.25, 0.3) is 0 Å². The van der Waals surface area contributed by atoms with Crippen molar-refractivity contribution in [3.05, 3.63) is 35.9 Å². The Labute approximate surface area is 133 Å². The van der Waals surface area contributed by atoms with Crippen molar-refractivity contribution < 1.29 is 23.9 Å². The summed E-state index contributed by atoms with van der Waals surface area (Å²) >= 11 is 0. The van der Waals surface area contributed by atoms with Gasteiger partial charge in [0.25, 0.3) is 0 Å². The maximum atomic E-state index is 12.3. The summed E-state index contributed by atoms with van der Waals surface area (Å²) in [6.45, 7) is 8.35. The van der Waals surface area contributed by atoms with Gasteiger partial charge in [-0.1, -0.05) is 30.3 Å². The van der Waals surface area contributed by atoms with Gasteiger partial charge < -0.3 is 14.2 Å². The molecule has 0 spiro atoms. The molecule has 1 N–H and O–H groups in total. The Bertz CT molecular complexity index is 428. The molecular weight excluding hydrogens is 282 g/mol. The van der Waals surface area contributed by atoms with Crippen LogP contribution < -0.4 is 4.90 Å². The van der Waals surface area contributed by atoms with Gasteiger partial charge >= 0.3 is 6.09 Å². The zero-order chi connectivity index (χ0) is 16.4. The van der Waals surface area contributed by atoms with Crippen LogP contribution in [0, 0.1) is 0 Å². The van der Waals surface area contributed by atoms with Crippen LogP contribution in [0.2, 0.25) is 0 Å². The van der Waals surface area contributed by atoms with Crippen molar-refractivity contribution in [3.63, 3.8) is 0 Å².